The molecule has 0 N–H and O–H groups in total. The summed E-state index contributed by atoms with van der Waals surface area (Å²) in [5.74, 6) is 0. The van der Waals surface area contributed by atoms with Gasteiger partial charge in [-0.15, -0.1) is 0 Å². The van der Waals surface area contributed by atoms with Crippen LogP contribution in [-0.2, 0) is 6.32 Å². The summed E-state index contributed by atoms with van der Waals surface area (Å²) >= 11 is 0. The highest BCUT2D eigenvalue weighted by atomic mass is 13.9. The first-order chi connectivity index (χ1) is 7.34. The van der Waals surface area contributed by atoms with Gasteiger partial charge < -0.3 is 0 Å². The van der Waals surface area contributed by atoms with Gasteiger partial charge in [-0.2, -0.15) is 0 Å². The highest BCUT2D eigenvalue weighted by Crippen LogP contribution is 2.02. The van der Waals surface area contributed by atoms with Gasteiger partial charge in [0.2, 0.25) is 0 Å². The normalized spacial score (nSPS) is 9.93. The van der Waals surface area contributed by atoms with E-state index in [1.54, 1.807) is 0 Å². The van der Waals surface area contributed by atoms with Gasteiger partial charge in [-0.05, 0) is 13.2 Å². The van der Waals surface area contributed by atoms with Crippen LogP contribution in [-0.4, -0.2) is 7.28 Å². The lowest BCUT2D eigenvalue weighted by Crippen LogP contribution is -2.15. The van der Waals surface area contributed by atoms with Crippen molar-refractivity contribution in [1.82, 2.24) is 0 Å². The molecule has 0 aliphatic carbocycles. The fourth-order valence-corrected chi connectivity index (χ4v) is 1.69. The molecule has 0 amide bonds. The van der Waals surface area contributed by atoms with Gasteiger partial charge in [0, 0.05) is 0 Å². The van der Waals surface area contributed by atoms with E-state index < -0.39 is 0 Å². The Morgan fingerprint density at radius 1 is 0.867 bits per heavy atom. The van der Waals surface area contributed by atoms with E-state index in [1.165, 1.54) is 16.6 Å². The summed E-state index contributed by atoms with van der Waals surface area (Å²) in [5, 5.41) is 0. The molecule has 0 bridgehead atoms. The monoisotopic (exact) mass is 194 g/mol. The Kier molecular flexibility index (Phi) is 3.23. The molecule has 0 radical (unpaired) electrons. The lowest BCUT2D eigenvalue weighted by molar-refractivity contribution is 1.35. The number of aryl methyl sites for hydroxylation is 1. The van der Waals surface area contributed by atoms with Crippen LogP contribution in [0.25, 0.3) is 0 Å². The number of hydrogen-bond donors (Lipinski definition) is 0. The number of hydrogen-bond acceptors (Lipinski definition) is 0. The van der Waals surface area contributed by atoms with E-state index in [2.05, 4.69) is 61.5 Å². The zero-order chi connectivity index (χ0) is 10.5. The van der Waals surface area contributed by atoms with Crippen LogP contribution in [0.5, 0.6) is 0 Å². The molecule has 0 heterocycles. The van der Waals surface area contributed by atoms with Crippen molar-refractivity contribution >= 4 is 12.7 Å². The summed E-state index contributed by atoms with van der Waals surface area (Å²) in [5.41, 5.74) is 4.17. The minimum atomic E-state index is 1.13. The maximum atomic E-state index is 2.22. The molecule has 0 aliphatic heterocycles. The van der Waals surface area contributed by atoms with Crippen LogP contribution in [0.2, 0.25) is 0 Å². The van der Waals surface area contributed by atoms with Crippen LogP contribution < -0.4 is 5.46 Å². The smallest absolute Gasteiger partial charge is 0.0842 e. The first kappa shape index (κ1) is 10.0. The first-order valence-corrected chi connectivity index (χ1v) is 5.44. The Morgan fingerprint density at radius 2 is 1.53 bits per heavy atom. The van der Waals surface area contributed by atoms with Crippen molar-refractivity contribution in [2.24, 2.45) is 0 Å². The standard InChI is InChI=1S/C14H15B/c1-12-7-9-13(10-8-12)11-15-14-5-3-2-4-6-14/h2-10,15H,11H2,1H3. The molecule has 1 heteroatoms. The SMILES string of the molecule is Cc1ccc(CBc2ccccc2)cc1. The largest absolute Gasteiger partial charge is 0.162 e. The van der Waals surface area contributed by atoms with Crippen molar-refractivity contribution < 1.29 is 0 Å². The van der Waals surface area contributed by atoms with Crippen molar-refractivity contribution in [1.29, 1.82) is 0 Å². The fraction of sp³-hybridized carbons (Fsp3) is 0.143. The second-order valence-electron chi connectivity index (χ2n) is 3.97. The van der Waals surface area contributed by atoms with Crippen LogP contribution in [0.15, 0.2) is 54.6 Å². The second-order valence-corrected chi connectivity index (χ2v) is 3.97. The summed E-state index contributed by atoms with van der Waals surface area (Å²) in [6.45, 7) is 2.13. The zero-order valence-electron chi connectivity index (χ0n) is 9.11. The summed E-state index contributed by atoms with van der Waals surface area (Å²) in [4.78, 5) is 0. The van der Waals surface area contributed by atoms with Gasteiger partial charge in [-0.25, -0.2) is 0 Å². The van der Waals surface area contributed by atoms with Crippen LogP contribution in [0.3, 0.4) is 0 Å². The molecule has 0 spiro atoms. The first-order valence-electron chi connectivity index (χ1n) is 5.44. The lowest BCUT2D eigenvalue weighted by Gasteiger charge is -2.01. The third-order valence-corrected chi connectivity index (χ3v) is 2.67. The van der Waals surface area contributed by atoms with Gasteiger partial charge >= 0.3 is 0 Å². The van der Waals surface area contributed by atoms with Gasteiger partial charge in [-0.1, -0.05) is 71.2 Å². The summed E-state index contributed by atoms with van der Waals surface area (Å²) in [6.07, 6.45) is 1.13. The van der Waals surface area contributed by atoms with E-state index in [0.717, 1.165) is 13.6 Å². The highest BCUT2D eigenvalue weighted by molar-refractivity contribution is 6.52. The Bertz CT molecular complexity index is 403. The van der Waals surface area contributed by atoms with Crippen LogP contribution >= 0.6 is 0 Å². The molecule has 0 atom stereocenters. The summed E-state index contributed by atoms with van der Waals surface area (Å²) in [6, 6.07) is 19.4. The van der Waals surface area contributed by atoms with E-state index >= 15 is 0 Å². The maximum absolute atomic E-state index is 2.22. The molecular weight excluding hydrogens is 179 g/mol. The van der Waals surface area contributed by atoms with E-state index in [1.807, 2.05) is 0 Å². The third kappa shape index (κ3) is 2.98. The molecule has 0 saturated carbocycles. The van der Waals surface area contributed by atoms with E-state index in [-0.39, 0.29) is 0 Å². The molecule has 15 heavy (non-hydrogen) atoms. The van der Waals surface area contributed by atoms with Crippen molar-refractivity contribution in [3.05, 3.63) is 65.7 Å². The predicted molar refractivity (Wildman–Crippen MR) is 68.1 cm³/mol. The Hall–Kier alpha value is -1.50. The number of benzene rings is 2. The van der Waals surface area contributed by atoms with E-state index in [0.29, 0.717) is 0 Å². The van der Waals surface area contributed by atoms with Crippen LogP contribution in [0.1, 0.15) is 11.1 Å². The molecule has 2 aromatic carbocycles. The minimum absolute atomic E-state index is 1.13. The molecule has 0 fully saturated rings. The topological polar surface area (TPSA) is 0 Å². The van der Waals surface area contributed by atoms with Crippen molar-refractivity contribution in [3.63, 3.8) is 0 Å². The van der Waals surface area contributed by atoms with Gasteiger partial charge in [0.05, 0.1) is 0 Å². The van der Waals surface area contributed by atoms with Crippen molar-refractivity contribution in [2.75, 3.05) is 0 Å². The van der Waals surface area contributed by atoms with Crippen LogP contribution in [0, 0.1) is 6.92 Å². The fourth-order valence-electron chi connectivity index (χ4n) is 1.69. The second kappa shape index (κ2) is 4.83. The molecule has 74 valence electrons. The summed E-state index contributed by atoms with van der Waals surface area (Å²) in [7, 11) is 1.13. The quantitative estimate of drug-likeness (QED) is 0.657. The van der Waals surface area contributed by atoms with Crippen molar-refractivity contribution in [3.8, 4) is 0 Å². The third-order valence-electron chi connectivity index (χ3n) is 2.67. The predicted octanol–water partition coefficient (Wildman–Crippen LogP) is 2.26. The minimum Gasteiger partial charge on any atom is -0.0842 e. The molecule has 0 unspecified atom stereocenters. The van der Waals surface area contributed by atoms with Crippen LogP contribution in [0.4, 0.5) is 0 Å². The average Bonchev–Trinajstić information content (AvgIpc) is 2.30. The average molecular weight is 194 g/mol. The van der Waals surface area contributed by atoms with Gasteiger partial charge in [-0.3, -0.25) is 0 Å². The Morgan fingerprint density at radius 3 is 2.20 bits per heavy atom. The van der Waals surface area contributed by atoms with Crippen molar-refractivity contribution in [2.45, 2.75) is 13.2 Å². The molecule has 0 aromatic heterocycles. The Balaban J connectivity index is 1.96. The molecule has 0 nitrogen and oxygen atoms in total. The molecule has 2 rings (SSSR count). The van der Waals surface area contributed by atoms with Gasteiger partial charge in [0.25, 0.3) is 0 Å². The highest BCUT2D eigenvalue weighted by Gasteiger charge is 1.96. The molecule has 0 saturated heterocycles. The van der Waals surface area contributed by atoms with Gasteiger partial charge in [0.15, 0.2) is 7.28 Å². The lowest BCUT2D eigenvalue weighted by atomic mass is 9.65. The van der Waals surface area contributed by atoms with Gasteiger partial charge in [0.1, 0.15) is 0 Å². The number of rotatable bonds is 3. The van der Waals surface area contributed by atoms with E-state index in [9.17, 15) is 0 Å². The molecule has 2 aromatic rings. The Labute approximate surface area is 92.2 Å². The zero-order valence-corrected chi connectivity index (χ0v) is 9.11. The molecular formula is C14H15B. The summed E-state index contributed by atoms with van der Waals surface area (Å²) < 4.78 is 0. The maximum Gasteiger partial charge on any atom is 0.162 e. The van der Waals surface area contributed by atoms with E-state index in [4.69, 9.17) is 0 Å². The molecule has 0 aliphatic rings.